The minimum Gasteiger partial charge on any atom is -0.381 e. The second-order valence-corrected chi connectivity index (χ2v) is 5.17. The quantitative estimate of drug-likeness (QED) is 0.806. The van der Waals surface area contributed by atoms with Crippen LogP contribution >= 0.6 is 0 Å². The molecule has 0 spiro atoms. The molecular weight excluding hydrogens is 270 g/mol. The first kappa shape index (κ1) is 16.0. The van der Waals surface area contributed by atoms with Gasteiger partial charge < -0.3 is 5.32 Å². The molecule has 0 fully saturated rings. The van der Waals surface area contributed by atoms with E-state index in [1.54, 1.807) is 18.5 Å². The number of hydrogen-bond acceptors (Lipinski definition) is 3. The van der Waals surface area contributed by atoms with Gasteiger partial charge in [0.2, 0.25) is 0 Å². The highest BCUT2D eigenvalue weighted by molar-refractivity contribution is 5.78. The van der Waals surface area contributed by atoms with E-state index in [0.29, 0.717) is 0 Å². The van der Waals surface area contributed by atoms with Gasteiger partial charge in [-0.3, -0.25) is 9.97 Å². The lowest BCUT2D eigenvalue weighted by molar-refractivity contribution is 0.816. The fourth-order valence-electron chi connectivity index (χ4n) is 2.52. The number of aryl methyl sites for hydroxylation is 1. The molecular formula is C19H23N3. The van der Waals surface area contributed by atoms with Crippen molar-refractivity contribution in [1.82, 2.24) is 15.3 Å². The summed E-state index contributed by atoms with van der Waals surface area (Å²) < 4.78 is 0. The van der Waals surface area contributed by atoms with Crippen molar-refractivity contribution in [2.75, 3.05) is 0 Å². The molecule has 1 aromatic carbocycles. The Hall–Kier alpha value is -2.42. The molecule has 0 aliphatic carbocycles. The summed E-state index contributed by atoms with van der Waals surface area (Å²) >= 11 is 0. The van der Waals surface area contributed by atoms with Gasteiger partial charge in [0.25, 0.3) is 0 Å². The lowest BCUT2D eigenvalue weighted by Gasteiger charge is -2.13. The standard InChI is InChI=1S/C19H23N3/c1-5-8-14(4)17(7-3)22-13-15-11-16(6-2)19-18(12-15)20-9-10-21-19/h5,7-12,22H,1,6,13H2,2-4H3/b14-8-,17-7+. The third kappa shape index (κ3) is 3.61. The van der Waals surface area contributed by atoms with E-state index in [9.17, 15) is 0 Å². The van der Waals surface area contributed by atoms with Gasteiger partial charge in [-0.25, -0.2) is 0 Å². The van der Waals surface area contributed by atoms with Gasteiger partial charge in [0.05, 0.1) is 11.0 Å². The van der Waals surface area contributed by atoms with Crippen LogP contribution in [-0.2, 0) is 13.0 Å². The molecule has 0 atom stereocenters. The Bertz CT molecular complexity index is 727. The Morgan fingerprint density at radius 2 is 2.05 bits per heavy atom. The van der Waals surface area contributed by atoms with Gasteiger partial charge in [-0.1, -0.05) is 37.8 Å². The zero-order chi connectivity index (χ0) is 15.9. The van der Waals surface area contributed by atoms with Crippen LogP contribution in [-0.4, -0.2) is 9.97 Å². The number of fused-ring (bicyclic) bond motifs is 1. The highest BCUT2D eigenvalue weighted by atomic mass is 14.9. The van der Waals surface area contributed by atoms with E-state index < -0.39 is 0 Å². The fraction of sp³-hybridized carbons (Fsp3) is 0.263. The van der Waals surface area contributed by atoms with Gasteiger partial charge in [0.15, 0.2) is 0 Å². The van der Waals surface area contributed by atoms with E-state index in [-0.39, 0.29) is 0 Å². The van der Waals surface area contributed by atoms with Crippen LogP contribution < -0.4 is 5.32 Å². The van der Waals surface area contributed by atoms with Crippen molar-refractivity contribution in [2.45, 2.75) is 33.7 Å². The van der Waals surface area contributed by atoms with Crippen LogP contribution in [0.15, 0.2) is 60.6 Å². The normalized spacial score (nSPS) is 12.5. The highest BCUT2D eigenvalue weighted by Crippen LogP contribution is 2.18. The average molecular weight is 293 g/mol. The summed E-state index contributed by atoms with van der Waals surface area (Å²) in [7, 11) is 0. The Labute approximate surface area is 132 Å². The van der Waals surface area contributed by atoms with E-state index in [1.165, 1.54) is 16.7 Å². The van der Waals surface area contributed by atoms with Gasteiger partial charge in [-0.2, -0.15) is 0 Å². The number of rotatable bonds is 6. The maximum atomic E-state index is 4.44. The first-order valence-electron chi connectivity index (χ1n) is 7.62. The minimum atomic E-state index is 0.765. The van der Waals surface area contributed by atoms with E-state index in [2.05, 4.69) is 53.9 Å². The second kappa shape index (κ2) is 7.55. The van der Waals surface area contributed by atoms with Crippen molar-refractivity contribution in [3.8, 4) is 0 Å². The molecule has 2 rings (SSSR count). The summed E-state index contributed by atoms with van der Waals surface area (Å²) in [6, 6.07) is 4.32. The molecule has 0 amide bonds. The fourth-order valence-corrected chi connectivity index (χ4v) is 2.52. The van der Waals surface area contributed by atoms with Gasteiger partial charge in [0.1, 0.15) is 0 Å². The maximum Gasteiger partial charge on any atom is 0.0918 e. The Balaban J connectivity index is 2.25. The molecule has 2 aromatic rings. The van der Waals surface area contributed by atoms with Crippen molar-refractivity contribution in [1.29, 1.82) is 0 Å². The number of nitrogens with zero attached hydrogens (tertiary/aromatic N) is 2. The molecule has 0 radical (unpaired) electrons. The highest BCUT2D eigenvalue weighted by Gasteiger charge is 2.06. The molecule has 1 heterocycles. The summed E-state index contributed by atoms with van der Waals surface area (Å²) in [5.41, 5.74) is 6.71. The molecule has 114 valence electrons. The van der Waals surface area contributed by atoms with Crippen LogP contribution in [0.3, 0.4) is 0 Å². The Morgan fingerprint density at radius 3 is 2.73 bits per heavy atom. The summed E-state index contributed by atoms with van der Waals surface area (Å²) in [6.45, 7) is 10.8. The van der Waals surface area contributed by atoms with Crippen molar-refractivity contribution in [3.63, 3.8) is 0 Å². The van der Waals surface area contributed by atoms with Crippen LogP contribution in [0, 0.1) is 0 Å². The molecule has 1 N–H and O–H groups in total. The number of benzene rings is 1. The Morgan fingerprint density at radius 1 is 1.27 bits per heavy atom. The smallest absolute Gasteiger partial charge is 0.0918 e. The van der Waals surface area contributed by atoms with E-state index >= 15 is 0 Å². The molecule has 3 nitrogen and oxygen atoms in total. The molecule has 3 heteroatoms. The van der Waals surface area contributed by atoms with Crippen LogP contribution in [0.4, 0.5) is 0 Å². The first-order chi connectivity index (χ1) is 10.7. The van der Waals surface area contributed by atoms with Crippen molar-refractivity contribution < 1.29 is 0 Å². The van der Waals surface area contributed by atoms with Gasteiger partial charge in [-0.15, -0.1) is 0 Å². The molecule has 0 aliphatic rings. The zero-order valence-corrected chi connectivity index (χ0v) is 13.6. The van der Waals surface area contributed by atoms with E-state index in [4.69, 9.17) is 0 Å². The maximum absolute atomic E-state index is 4.44. The Kier molecular flexibility index (Phi) is 5.48. The second-order valence-electron chi connectivity index (χ2n) is 5.17. The predicted molar refractivity (Wildman–Crippen MR) is 93.5 cm³/mol. The SMILES string of the molecule is C=C/C=C(C)\C(=C/C)NCc1cc(CC)c2nccnc2c1. The van der Waals surface area contributed by atoms with Crippen LogP contribution in [0.25, 0.3) is 11.0 Å². The van der Waals surface area contributed by atoms with Crippen LogP contribution in [0.1, 0.15) is 31.9 Å². The van der Waals surface area contributed by atoms with Crippen molar-refractivity contribution in [2.24, 2.45) is 0 Å². The molecule has 0 aliphatic heterocycles. The van der Waals surface area contributed by atoms with E-state index in [1.807, 2.05) is 13.0 Å². The van der Waals surface area contributed by atoms with Crippen LogP contribution in [0.2, 0.25) is 0 Å². The monoisotopic (exact) mass is 293 g/mol. The lowest BCUT2D eigenvalue weighted by atomic mass is 10.1. The first-order valence-corrected chi connectivity index (χ1v) is 7.62. The van der Waals surface area contributed by atoms with Gasteiger partial charge >= 0.3 is 0 Å². The molecule has 1 aromatic heterocycles. The molecule has 0 saturated carbocycles. The zero-order valence-electron chi connectivity index (χ0n) is 13.6. The molecule has 0 bridgehead atoms. The largest absolute Gasteiger partial charge is 0.381 e. The number of nitrogens with one attached hydrogen (secondary N) is 1. The van der Waals surface area contributed by atoms with Crippen LogP contribution in [0.5, 0.6) is 0 Å². The van der Waals surface area contributed by atoms with Gasteiger partial charge in [0, 0.05) is 24.6 Å². The molecule has 0 unspecified atom stereocenters. The number of hydrogen-bond donors (Lipinski definition) is 1. The van der Waals surface area contributed by atoms with Crippen molar-refractivity contribution >= 4 is 11.0 Å². The molecule has 0 saturated heterocycles. The number of aromatic nitrogens is 2. The minimum absolute atomic E-state index is 0.765. The van der Waals surface area contributed by atoms with Crippen molar-refractivity contribution in [3.05, 3.63) is 71.7 Å². The molecule has 22 heavy (non-hydrogen) atoms. The summed E-state index contributed by atoms with van der Waals surface area (Å²) in [4.78, 5) is 8.88. The predicted octanol–water partition coefficient (Wildman–Crippen LogP) is 4.32. The third-order valence-electron chi connectivity index (χ3n) is 3.66. The third-order valence-corrected chi connectivity index (χ3v) is 3.66. The van der Waals surface area contributed by atoms with E-state index in [0.717, 1.165) is 29.7 Å². The summed E-state index contributed by atoms with van der Waals surface area (Å²) in [5.74, 6) is 0. The topological polar surface area (TPSA) is 37.8 Å². The average Bonchev–Trinajstić information content (AvgIpc) is 2.54. The summed E-state index contributed by atoms with van der Waals surface area (Å²) in [5, 5.41) is 3.48. The van der Waals surface area contributed by atoms with Gasteiger partial charge in [-0.05, 0) is 43.0 Å². The number of allylic oxidation sites excluding steroid dienone is 4. The summed E-state index contributed by atoms with van der Waals surface area (Å²) in [6.07, 6.45) is 10.3. The lowest BCUT2D eigenvalue weighted by Crippen LogP contribution is -2.14.